The third kappa shape index (κ3) is 3.40. The molecule has 2 aromatic rings. The number of hydrogen-bond donors (Lipinski definition) is 0. The van der Waals surface area contributed by atoms with Crippen molar-refractivity contribution in [2.45, 2.75) is 39.7 Å². The molecule has 0 radical (unpaired) electrons. The second kappa shape index (κ2) is 6.09. The van der Waals surface area contributed by atoms with Crippen molar-refractivity contribution in [1.82, 2.24) is 20.0 Å². The Labute approximate surface area is 149 Å². The highest BCUT2D eigenvalue weighted by Crippen LogP contribution is 2.34. The molecule has 0 saturated carbocycles. The van der Waals surface area contributed by atoms with Crippen LogP contribution in [0, 0.1) is 18.8 Å². The van der Waals surface area contributed by atoms with Gasteiger partial charge in [0, 0.05) is 50.3 Å². The Morgan fingerprint density at radius 1 is 1.08 bits per heavy atom. The zero-order chi connectivity index (χ0) is 17.6. The summed E-state index contributed by atoms with van der Waals surface area (Å²) in [6.07, 6.45) is 1.71. The lowest BCUT2D eigenvalue weighted by atomic mass is 9.92. The number of hydrogen-bond acceptors (Lipinski definition) is 6. The van der Waals surface area contributed by atoms with Crippen LogP contribution in [0.2, 0.25) is 0 Å². The SMILES string of the molecule is Cc1cc(CN2CC3CN(c4cc(C(C)(C)C)ncn4)CC3C2)no1. The van der Waals surface area contributed by atoms with E-state index in [4.69, 9.17) is 4.52 Å². The third-order valence-electron chi connectivity index (χ3n) is 5.37. The number of nitrogens with zero attached hydrogens (tertiary/aromatic N) is 5. The molecule has 6 heteroatoms. The van der Waals surface area contributed by atoms with Gasteiger partial charge in [0.25, 0.3) is 0 Å². The minimum absolute atomic E-state index is 0.0554. The van der Waals surface area contributed by atoms with Gasteiger partial charge >= 0.3 is 0 Å². The molecule has 0 amide bonds. The summed E-state index contributed by atoms with van der Waals surface area (Å²) < 4.78 is 5.18. The lowest BCUT2D eigenvalue weighted by Gasteiger charge is -2.24. The first-order chi connectivity index (χ1) is 11.9. The molecule has 2 atom stereocenters. The van der Waals surface area contributed by atoms with Gasteiger partial charge in [0.05, 0.1) is 11.4 Å². The highest BCUT2D eigenvalue weighted by Gasteiger charge is 2.40. The predicted octanol–water partition coefficient (Wildman–Crippen LogP) is 2.64. The Kier molecular flexibility index (Phi) is 4.02. The fourth-order valence-corrected chi connectivity index (χ4v) is 4.06. The monoisotopic (exact) mass is 341 g/mol. The maximum Gasteiger partial charge on any atom is 0.133 e. The Hall–Kier alpha value is -1.95. The number of likely N-dealkylation sites (tertiary alicyclic amines) is 1. The molecule has 0 N–H and O–H groups in total. The van der Waals surface area contributed by atoms with E-state index in [9.17, 15) is 0 Å². The van der Waals surface area contributed by atoms with E-state index in [1.165, 1.54) is 0 Å². The number of rotatable bonds is 3. The Morgan fingerprint density at radius 3 is 2.40 bits per heavy atom. The predicted molar refractivity (Wildman–Crippen MR) is 96.4 cm³/mol. The Balaban J connectivity index is 1.39. The van der Waals surface area contributed by atoms with E-state index in [1.54, 1.807) is 6.33 Å². The van der Waals surface area contributed by atoms with Gasteiger partial charge in [0.1, 0.15) is 17.9 Å². The van der Waals surface area contributed by atoms with E-state index in [0.29, 0.717) is 11.8 Å². The van der Waals surface area contributed by atoms with E-state index >= 15 is 0 Å². The van der Waals surface area contributed by atoms with Crippen LogP contribution in [-0.2, 0) is 12.0 Å². The number of anilines is 1. The first-order valence-corrected chi connectivity index (χ1v) is 9.10. The zero-order valence-electron chi connectivity index (χ0n) is 15.6. The van der Waals surface area contributed by atoms with Crippen molar-refractivity contribution in [1.29, 1.82) is 0 Å². The summed E-state index contributed by atoms with van der Waals surface area (Å²) in [5.41, 5.74) is 2.21. The normalized spacial score (nSPS) is 24.1. The fraction of sp³-hybridized carbons (Fsp3) is 0.632. The number of aryl methyl sites for hydroxylation is 1. The van der Waals surface area contributed by atoms with Gasteiger partial charge in [-0.3, -0.25) is 4.90 Å². The van der Waals surface area contributed by atoms with Crippen LogP contribution in [-0.4, -0.2) is 46.2 Å². The van der Waals surface area contributed by atoms with Crippen molar-refractivity contribution in [2.75, 3.05) is 31.1 Å². The molecule has 0 aromatic carbocycles. The molecule has 0 aliphatic carbocycles. The molecule has 2 aliphatic rings. The average molecular weight is 341 g/mol. The van der Waals surface area contributed by atoms with Gasteiger partial charge in [-0.05, 0) is 18.8 Å². The number of fused-ring (bicyclic) bond motifs is 1. The molecule has 25 heavy (non-hydrogen) atoms. The van der Waals surface area contributed by atoms with Crippen molar-refractivity contribution in [3.8, 4) is 0 Å². The molecule has 0 bridgehead atoms. The van der Waals surface area contributed by atoms with Crippen molar-refractivity contribution in [2.24, 2.45) is 11.8 Å². The van der Waals surface area contributed by atoms with Gasteiger partial charge in [-0.25, -0.2) is 9.97 Å². The van der Waals surface area contributed by atoms with Crippen LogP contribution < -0.4 is 4.90 Å². The molecular formula is C19H27N5O. The maximum absolute atomic E-state index is 5.18. The molecule has 2 aliphatic heterocycles. The lowest BCUT2D eigenvalue weighted by Crippen LogP contribution is -2.29. The van der Waals surface area contributed by atoms with Crippen molar-refractivity contribution >= 4 is 5.82 Å². The molecule has 2 saturated heterocycles. The van der Waals surface area contributed by atoms with Crippen molar-refractivity contribution < 1.29 is 4.52 Å². The molecule has 2 aromatic heterocycles. The van der Waals surface area contributed by atoms with Gasteiger partial charge in [-0.2, -0.15) is 0 Å². The maximum atomic E-state index is 5.18. The molecule has 0 spiro atoms. The zero-order valence-corrected chi connectivity index (χ0v) is 15.6. The molecule has 6 nitrogen and oxygen atoms in total. The van der Waals surface area contributed by atoms with Crippen LogP contribution >= 0.6 is 0 Å². The summed E-state index contributed by atoms with van der Waals surface area (Å²) in [7, 11) is 0. The first kappa shape index (κ1) is 16.5. The first-order valence-electron chi connectivity index (χ1n) is 9.10. The third-order valence-corrected chi connectivity index (χ3v) is 5.37. The Bertz CT molecular complexity index is 736. The molecule has 2 fully saturated rings. The van der Waals surface area contributed by atoms with E-state index in [-0.39, 0.29) is 5.41 Å². The van der Waals surface area contributed by atoms with Gasteiger partial charge in [-0.1, -0.05) is 25.9 Å². The van der Waals surface area contributed by atoms with Crippen LogP contribution in [0.3, 0.4) is 0 Å². The smallest absolute Gasteiger partial charge is 0.133 e. The largest absolute Gasteiger partial charge is 0.361 e. The summed E-state index contributed by atoms with van der Waals surface area (Å²) in [6.45, 7) is 13.9. The average Bonchev–Trinajstić information content (AvgIpc) is 3.22. The van der Waals surface area contributed by atoms with Crippen molar-refractivity contribution in [3.63, 3.8) is 0 Å². The molecule has 4 rings (SSSR count). The second-order valence-corrected chi connectivity index (χ2v) is 8.56. The van der Waals surface area contributed by atoms with Crippen LogP contribution in [0.1, 0.15) is 37.9 Å². The van der Waals surface area contributed by atoms with Gasteiger partial charge in [0.2, 0.25) is 0 Å². The van der Waals surface area contributed by atoms with Gasteiger partial charge < -0.3 is 9.42 Å². The van der Waals surface area contributed by atoms with Crippen LogP contribution in [0.15, 0.2) is 23.0 Å². The summed E-state index contributed by atoms with van der Waals surface area (Å²) in [5.74, 6) is 3.38. The molecule has 2 unspecified atom stereocenters. The van der Waals surface area contributed by atoms with Crippen LogP contribution in [0.4, 0.5) is 5.82 Å². The van der Waals surface area contributed by atoms with Crippen LogP contribution in [0.25, 0.3) is 0 Å². The minimum Gasteiger partial charge on any atom is -0.361 e. The highest BCUT2D eigenvalue weighted by atomic mass is 16.5. The topological polar surface area (TPSA) is 58.3 Å². The summed E-state index contributed by atoms with van der Waals surface area (Å²) in [4.78, 5) is 13.9. The summed E-state index contributed by atoms with van der Waals surface area (Å²) >= 11 is 0. The highest BCUT2D eigenvalue weighted by molar-refractivity contribution is 5.42. The summed E-state index contributed by atoms with van der Waals surface area (Å²) in [6, 6.07) is 4.20. The standard InChI is InChI=1S/C19H27N5O/c1-13-5-16(22-25-13)11-23-7-14-9-24(10-15(14)8-23)18-6-17(19(2,3)4)20-12-21-18/h5-6,12,14-15H,7-11H2,1-4H3. The second-order valence-electron chi connectivity index (χ2n) is 8.56. The lowest BCUT2D eigenvalue weighted by molar-refractivity contribution is 0.294. The molecule has 134 valence electrons. The fourth-order valence-electron chi connectivity index (χ4n) is 4.06. The Morgan fingerprint density at radius 2 is 1.80 bits per heavy atom. The molecular weight excluding hydrogens is 314 g/mol. The van der Waals surface area contributed by atoms with Gasteiger partial charge in [0.15, 0.2) is 0 Å². The van der Waals surface area contributed by atoms with E-state index in [0.717, 1.165) is 55.7 Å². The van der Waals surface area contributed by atoms with E-state index < -0.39 is 0 Å². The van der Waals surface area contributed by atoms with Crippen molar-refractivity contribution in [3.05, 3.63) is 35.6 Å². The van der Waals surface area contributed by atoms with Gasteiger partial charge in [-0.15, -0.1) is 0 Å². The van der Waals surface area contributed by atoms with Crippen LogP contribution in [0.5, 0.6) is 0 Å². The molecule has 4 heterocycles. The quantitative estimate of drug-likeness (QED) is 0.855. The summed E-state index contributed by atoms with van der Waals surface area (Å²) in [5, 5.41) is 4.12. The number of aromatic nitrogens is 3. The van der Waals surface area contributed by atoms with E-state index in [2.05, 4.69) is 51.8 Å². The van der Waals surface area contributed by atoms with E-state index in [1.807, 2.05) is 13.0 Å². The minimum atomic E-state index is 0.0554.